The fourth-order valence-electron chi connectivity index (χ4n) is 2.67. The van der Waals surface area contributed by atoms with Gasteiger partial charge >= 0.3 is 6.18 Å². The molecule has 0 spiro atoms. The lowest BCUT2D eigenvalue weighted by Crippen LogP contribution is -2.35. The number of hydrogen-bond donors (Lipinski definition) is 1. The second kappa shape index (κ2) is 7.01. The van der Waals surface area contributed by atoms with Crippen molar-refractivity contribution in [3.05, 3.63) is 28.2 Å². The van der Waals surface area contributed by atoms with Gasteiger partial charge in [-0.1, -0.05) is 22.9 Å². The molecule has 2 nitrogen and oxygen atoms in total. The summed E-state index contributed by atoms with van der Waals surface area (Å²) in [6, 6.07) is 4.05. The highest BCUT2D eigenvalue weighted by Gasteiger charge is 2.33. The van der Waals surface area contributed by atoms with Gasteiger partial charge in [-0.3, -0.25) is 0 Å². The Kier molecular flexibility index (Phi) is 5.54. The Morgan fingerprint density at radius 2 is 1.95 bits per heavy atom. The highest BCUT2D eigenvalue weighted by molar-refractivity contribution is 9.10. The van der Waals surface area contributed by atoms with Crippen LogP contribution in [0.1, 0.15) is 25.3 Å². The molecular weight excluding hydrogens is 345 g/mol. The molecule has 0 bridgehead atoms. The van der Waals surface area contributed by atoms with Crippen LogP contribution in [0.3, 0.4) is 0 Å². The van der Waals surface area contributed by atoms with Crippen LogP contribution in [-0.2, 0) is 6.18 Å². The van der Waals surface area contributed by atoms with Gasteiger partial charge in [0.05, 0.1) is 5.56 Å². The standard InChI is InChI=1S/C15H20BrF3N2/c1-2-21-7-5-11(6-8-21)10-20-14-9-12(16)3-4-13(14)15(17,18)19/h3-4,9,11,20H,2,5-8,10H2,1H3. The zero-order valence-electron chi connectivity index (χ0n) is 12.0. The first kappa shape index (κ1) is 16.6. The molecule has 1 aliphatic heterocycles. The Bertz CT molecular complexity index is 468. The fraction of sp³-hybridized carbons (Fsp3) is 0.600. The number of piperidine rings is 1. The van der Waals surface area contributed by atoms with Gasteiger partial charge in [-0.05, 0) is 56.6 Å². The number of halogens is 4. The largest absolute Gasteiger partial charge is 0.418 e. The van der Waals surface area contributed by atoms with Gasteiger partial charge in [-0.15, -0.1) is 0 Å². The van der Waals surface area contributed by atoms with Crippen LogP contribution in [0.2, 0.25) is 0 Å². The minimum Gasteiger partial charge on any atom is -0.384 e. The maximum Gasteiger partial charge on any atom is 0.418 e. The molecule has 1 heterocycles. The number of nitrogens with zero attached hydrogens (tertiary/aromatic N) is 1. The number of rotatable bonds is 4. The third-order valence-electron chi connectivity index (χ3n) is 4.02. The van der Waals surface area contributed by atoms with E-state index in [1.807, 2.05) is 0 Å². The number of anilines is 1. The Morgan fingerprint density at radius 3 is 2.52 bits per heavy atom. The molecule has 1 aliphatic rings. The van der Waals surface area contributed by atoms with Crippen LogP contribution in [0.5, 0.6) is 0 Å². The summed E-state index contributed by atoms with van der Waals surface area (Å²) in [6.07, 6.45) is -2.25. The molecule has 118 valence electrons. The first-order valence-electron chi connectivity index (χ1n) is 7.23. The van der Waals surface area contributed by atoms with Crippen LogP contribution >= 0.6 is 15.9 Å². The topological polar surface area (TPSA) is 15.3 Å². The van der Waals surface area contributed by atoms with Gasteiger partial charge in [0.15, 0.2) is 0 Å². The molecule has 1 N–H and O–H groups in total. The molecule has 0 aromatic heterocycles. The van der Waals surface area contributed by atoms with Crippen molar-refractivity contribution in [1.29, 1.82) is 0 Å². The average Bonchev–Trinajstić information content (AvgIpc) is 2.44. The number of likely N-dealkylation sites (tertiary alicyclic amines) is 1. The highest BCUT2D eigenvalue weighted by Crippen LogP contribution is 2.36. The van der Waals surface area contributed by atoms with Crippen molar-refractivity contribution >= 4 is 21.6 Å². The molecule has 1 aromatic carbocycles. The number of alkyl halides is 3. The smallest absolute Gasteiger partial charge is 0.384 e. The van der Waals surface area contributed by atoms with E-state index in [0.717, 1.165) is 38.5 Å². The van der Waals surface area contributed by atoms with E-state index in [0.29, 0.717) is 16.9 Å². The molecule has 0 saturated carbocycles. The van der Waals surface area contributed by atoms with E-state index < -0.39 is 11.7 Å². The van der Waals surface area contributed by atoms with E-state index in [9.17, 15) is 13.2 Å². The first-order valence-corrected chi connectivity index (χ1v) is 8.02. The highest BCUT2D eigenvalue weighted by atomic mass is 79.9. The Balaban J connectivity index is 1.98. The van der Waals surface area contributed by atoms with E-state index >= 15 is 0 Å². The van der Waals surface area contributed by atoms with Crippen LogP contribution < -0.4 is 5.32 Å². The molecule has 21 heavy (non-hydrogen) atoms. The van der Waals surface area contributed by atoms with Gasteiger partial charge in [0.1, 0.15) is 0 Å². The Labute approximate surface area is 131 Å². The molecule has 0 atom stereocenters. The predicted molar refractivity (Wildman–Crippen MR) is 82.5 cm³/mol. The number of benzene rings is 1. The Hall–Kier alpha value is -0.750. The van der Waals surface area contributed by atoms with Gasteiger partial charge in [0.25, 0.3) is 0 Å². The molecule has 1 saturated heterocycles. The van der Waals surface area contributed by atoms with Crippen molar-refractivity contribution in [3.63, 3.8) is 0 Å². The first-order chi connectivity index (χ1) is 9.90. The van der Waals surface area contributed by atoms with E-state index in [1.54, 1.807) is 0 Å². The molecule has 0 radical (unpaired) electrons. The van der Waals surface area contributed by atoms with E-state index in [1.165, 1.54) is 12.1 Å². The van der Waals surface area contributed by atoms with E-state index in [2.05, 4.69) is 33.1 Å². The van der Waals surface area contributed by atoms with E-state index in [-0.39, 0.29) is 5.69 Å². The fourth-order valence-corrected chi connectivity index (χ4v) is 3.03. The van der Waals surface area contributed by atoms with Crippen LogP contribution in [-0.4, -0.2) is 31.1 Å². The summed E-state index contributed by atoms with van der Waals surface area (Å²) < 4.78 is 39.6. The van der Waals surface area contributed by atoms with Gasteiger partial charge < -0.3 is 10.2 Å². The lowest BCUT2D eigenvalue weighted by atomic mass is 9.96. The molecule has 1 fully saturated rings. The Morgan fingerprint density at radius 1 is 1.29 bits per heavy atom. The quantitative estimate of drug-likeness (QED) is 0.838. The van der Waals surface area contributed by atoms with Crippen LogP contribution in [0.4, 0.5) is 18.9 Å². The summed E-state index contributed by atoms with van der Waals surface area (Å²) in [5, 5.41) is 2.99. The molecule has 0 unspecified atom stereocenters. The van der Waals surface area contributed by atoms with Gasteiger partial charge in [0, 0.05) is 16.7 Å². The van der Waals surface area contributed by atoms with Gasteiger partial charge in [-0.25, -0.2) is 0 Å². The normalized spacial score (nSPS) is 18.0. The summed E-state index contributed by atoms with van der Waals surface area (Å²) in [6.45, 7) is 5.84. The van der Waals surface area contributed by atoms with Crippen LogP contribution in [0, 0.1) is 5.92 Å². The molecule has 0 aliphatic carbocycles. The summed E-state index contributed by atoms with van der Waals surface area (Å²) in [4.78, 5) is 2.37. The van der Waals surface area contributed by atoms with Crippen molar-refractivity contribution in [3.8, 4) is 0 Å². The lowest BCUT2D eigenvalue weighted by Gasteiger charge is -2.31. The third kappa shape index (κ3) is 4.61. The van der Waals surface area contributed by atoms with Crippen LogP contribution in [0.25, 0.3) is 0 Å². The number of nitrogens with one attached hydrogen (secondary N) is 1. The zero-order valence-corrected chi connectivity index (χ0v) is 13.6. The average molecular weight is 365 g/mol. The predicted octanol–water partition coefficient (Wildman–Crippen LogP) is 4.61. The van der Waals surface area contributed by atoms with Crippen molar-refractivity contribution in [2.75, 3.05) is 31.5 Å². The SMILES string of the molecule is CCN1CCC(CNc2cc(Br)ccc2C(F)(F)F)CC1. The minimum absolute atomic E-state index is 0.162. The molecule has 1 aromatic rings. The second-order valence-electron chi connectivity index (χ2n) is 5.45. The van der Waals surface area contributed by atoms with Crippen molar-refractivity contribution in [2.45, 2.75) is 25.9 Å². The number of hydrogen-bond acceptors (Lipinski definition) is 2. The molecule has 6 heteroatoms. The lowest BCUT2D eigenvalue weighted by molar-refractivity contribution is -0.137. The summed E-state index contributed by atoms with van der Waals surface area (Å²) >= 11 is 3.23. The van der Waals surface area contributed by atoms with Crippen molar-refractivity contribution in [2.24, 2.45) is 5.92 Å². The van der Waals surface area contributed by atoms with Crippen molar-refractivity contribution < 1.29 is 13.2 Å². The molecular formula is C15H20BrF3N2. The van der Waals surface area contributed by atoms with Crippen LogP contribution in [0.15, 0.2) is 22.7 Å². The summed E-state index contributed by atoms with van der Waals surface area (Å²) in [5.41, 5.74) is -0.438. The van der Waals surface area contributed by atoms with Crippen molar-refractivity contribution in [1.82, 2.24) is 4.90 Å². The maximum atomic E-state index is 13.0. The second-order valence-corrected chi connectivity index (χ2v) is 6.36. The monoisotopic (exact) mass is 364 g/mol. The van der Waals surface area contributed by atoms with Gasteiger partial charge in [-0.2, -0.15) is 13.2 Å². The van der Waals surface area contributed by atoms with Gasteiger partial charge in [0.2, 0.25) is 0 Å². The maximum absolute atomic E-state index is 13.0. The third-order valence-corrected chi connectivity index (χ3v) is 4.52. The zero-order chi connectivity index (χ0) is 15.5. The summed E-state index contributed by atoms with van der Waals surface area (Å²) in [5.74, 6) is 0.438. The molecule has 2 rings (SSSR count). The minimum atomic E-state index is -4.32. The van der Waals surface area contributed by atoms with E-state index in [4.69, 9.17) is 0 Å². The molecule has 0 amide bonds. The summed E-state index contributed by atoms with van der Waals surface area (Å²) in [7, 11) is 0.